The highest BCUT2D eigenvalue weighted by molar-refractivity contribution is 8.14. The number of fused-ring (bicyclic) bond motifs is 1. The van der Waals surface area contributed by atoms with Crippen LogP contribution in [-0.4, -0.2) is 42.5 Å². The van der Waals surface area contributed by atoms with Crippen molar-refractivity contribution in [2.45, 2.75) is 39.7 Å². The fraction of sp³-hybridized carbons (Fsp3) is 0.350. The van der Waals surface area contributed by atoms with Crippen LogP contribution < -0.4 is 4.90 Å². The second-order valence-corrected chi connectivity index (χ2v) is 8.43. The SMILES string of the molecule is Cc1nc2ncnn2c(C)c1CCC(=O)N(C1=N[C@@H](C)CS1)c1ccc(Cl)cc1. The van der Waals surface area contributed by atoms with Crippen molar-refractivity contribution in [1.29, 1.82) is 0 Å². The molecule has 0 unspecified atom stereocenters. The molecule has 7 nitrogen and oxygen atoms in total. The molecule has 1 aliphatic rings. The zero-order chi connectivity index (χ0) is 20.5. The number of aryl methyl sites for hydroxylation is 2. The van der Waals surface area contributed by atoms with E-state index in [1.807, 2.05) is 26.0 Å². The Labute approximate surface area is 178 Å². The van der Waals surface area contributed by atoms with Crippen LogP contribution in [0.3, 0.4) is 0 Å². The summed E-state index contributed by atoms with van der Waals surface area (Å²) >= 11 is 7.64. The molecule has 0 aliphatic carbocycles. The van der Waals surface area contributed by atoms with E-state index in [-0.39, 0.29) is 11.9 Å². The highest BCUT2D eigenvalue weighted by Gasteiger charge is 2.27. The van der Waals surface area contributed by atoms with E-state index in [1.54, 1.807) is 33.3 Å². The normalized spacial score (nSPS) is 16.3. The molecule has 3 aromatic rings. The summed E-state index contributed by atoms with van der Waals surface area (Å²) in [6.07, 6.45) is 2.39. The van der Waals surface area contributed by atoms with Crippen LogP contribution in [0.5, 0.6) is 0 Å². The quantitative estimate of drug-likeness (QED) is 0.630. The van der Waals surface area contributed by atoms with Gasteiger partial charge in [-0.2, -0.15) is 10.1 Å². The molecule has 150 valence electrons. The maximum atomic E-state index is 13.3. The largest absolute Gasteiger partial charge is 0.274 e. The Bertz CT molecular complexity index is 1090. The molecule has 3 heterocycles. The first-order chi connectivity index (χ1) is 13.9. The van der Waals surface area contributed by atoms with E-state index in [0.29, 0.717) is 23.6 Å². The third kappa shape index (κ3) is 4.00. The number of hydrogen-bond donors (Lipinski definition) is 0. The molecule has 0 radical (unpaired) electrons. The zero-order valence-electron chi connectivity index (χ0n) is 16.5. The van der Waals surface area contributed by atoms with Crippen molar-refractivity contribution in [3.63, 3.8) is 0 Å². The summed E-state index contributed by atoms with van der Waals surface area (Å²) < 4.78 is 1.71. The van der Waals surface area contributed by atoms with Gasteiger partial charge in [-0.15, -0.1) is 0 Å². The van der Waals surface area contributed by atoms with Crippen LogP contribution in [0.25, 0.3) is 5.78 Å². The first kappa shape index (κ1) is 19.8. The number of rotatable bonds is 4. The summed E-state index contributed by atoms with van der Waals surface area (Å²) in [5, 5.41) is 5.59. The molecular weight excluding hydrogens is 408 g/mol. The van der Waals surface area contributed by atoms with Crippen LogP contribution in [0, 0.1) is 13.8 Å². The van der Waals surface area contributed by atoms with Crippen LogP contribution in [0.1, 0.15) is 30.3 Å². The second-order valence-electron chi connectivity index (χ2n) is 7.01. The molecule has 0 fully saturated rings. The average molecular weight is 429 g/mol. The van der Waals surface area contributed by atoms with Crippen molar-refractivity contribution < 1.29 is 4.79 Å². The van der Waals surface area contributed by atoms with E-state index < -0.39 is 0 Å². The van der Waals surface area contributed by atoms with Crippen molar-refractivity contribution in [2.75, 3.05) is 10.7 Å². The molecule has 1 atom stereocenters. The summed E-state index contributed by atoms with van der Waals surface area (Å²) in [6.45, 7) is 5.97. The molecule has 0 N–H and O–H groups in total. The summed E-state index contributed by atoms with van der Waals surface area (Å²) in [5.41, 5.74) is 3.62. The average Bonchev–Trinajstić information content (AvgIpc) is 3.32. The molecule has 2 aromatic heterocycles. The van der Waals surface area contributed by atoms with E-state index >= 15 is 0 Å². The fourth-order valence-electron chi connectivity index (χ4n) is 3.39. The van der Waals surface area contributed by atoms with Gasteiger partial charge in [-0.1, -0.05) is 23.4 Å². The molecule has 9 heteroatoms. The van der Waals surface area contributed by atoms with Crippen LogP contribution in [0.2, 0.25) is 5.02 Å². The molecule has 0 saturated heterocycles. The smallest absolute Gasteiger partial charge is 0.252 e. The predicted molar refractivity (Wildman–Crippen MR) is 117 cm³/mol. The third-order valence-electron chi connectivity index (χ3n) is 4.89. The minimum Gasteiger partial charge on any atom is -0.274 e. The minimum atomic E-state index is -0.00911. The summed E-state index contributed by atoms with van der Waals surface area (Å²) in [4.78, 5) is 28.3. The van der Waals surface area contributed by atoms with E-state index in [4.69, 9.17) is 11.6 Å². The summed E-state index contributed by atoms with van der Waals surface area (Å²) in [5.74, 6) is 1.44. The van der Waals surface area contributed by atoms with Crippen molar-refractivity contribution in [1.82, 2.24) is 19.6 Å². The van der Waals surface area contributed by atoms with Crippen molar-refractivity contribution >= 4 is 45.9 Å². The van der Waals surface area contributed by atoms with Crippen LogP contribution in [-0.2, 0) is 11.2 Å². The molecule has 1 aliphatic heterocycles. The number of thioether (sulfide) groups is 1. The number of benzene rings is 1. The zero-order valence-corrected chi connectivity index (χ0v) is 18.0. The summed E-state index contributed by atoms with van der Waals surface area (Å²) in [6, 6.07) is 7.48. The Hall–Kier alpha value is -2.45. The first-order valence-electron chi connectivity index (χ1n) is 9.39. The number of amidine groups is 1. The topological polar surface area (TPSA) is 75.8 Å². The second kappa shape index (κ2) is 8.12. The molecule has 1 amide bonds. The molecule has 29 heavy (non-hydrogen) atoms. The fourth-order valence-corrected chi connectivity index (χ4v) is 4.57. The Morgan fingerprint density at radius 3 is 2.76 bits per heavy atom. The molecular formula is C20H21ClN6OS. The Kier molecular flexibility index (Phi) is 5.56. The van der Waals surface area contributed by atoms with Crippen molar-refractivity contribution in [3.05, 3.63) is 52.6 Å². The van der Waals surface area contributed by atoms with Gasteiger partial charge in [0.05, 0.1) is 11.7 Å². The molecule has 1 aromatic carbocycles. The highest BCUT2D eigenvalue weighted by Crippen LogP contribution is 2.28. The number of anilines is 1. The number of carbonyl (C=O) groups is 1. The molecule has 4 rings (SSSR count). The maximum Gasteiger partial charge on any atom is 0.252 e. The van der Waals surface area contributed by atoms with E-state index in [0.717, 1.165) is 33.6 Å². The number of halogens is 1. The number of carbonyl (C=O) groups excluding carboxylic acids is 1. The van der Waals surface area contributed by atoms with Gasteiger partial charge in [-0.3, -0.25) is 14.7 Å². The monoisotopic (exact) mass is 428 g/mol. The van der Waals surface area contributed by atoms with Crippen LogP contribution in [0.4, 0.5) is 5.69 Å². The lowest BCUT2D eigenvalue weighted by atomic mass is 10.1. The molecule has 0 spiro atoms. The van der Waals surface area contributed by atoms with Gasteiger partial charge in [0.25, 0.3) is 5.78 Å². The van der Waals surface area contributed by atoms with Crippen LogP contribution >= 0.6 is 23.4 Å². The van der Waals surface area contributed by atoms with Gasteiger partial charge in [-0.05, 0) is 57.0 Å². The Morgan fingerprint density at radius 1 is 1.31 bits per heavy atom. The van der Waals surface area contributed by atoms with Gasteiger partial charge < -0.3 is 0 Å². The lowest BCUT2D eigenvalue weighted by Gasteiger charge is -2.22. The standard InChI is InChI=1S/C20H21ClN6OS/c1-12-10-29-20(24-12)26(16-6-4-15(21)5-7-16)18(28)9-8-17-13(2)25-19-22-11-23-27(19)14(17)3/h4-7,11-12H,8-10H2,1-3H3/t12-/m0/s1. The predicted octanol–water partition coefficient (Wildman–Crippen LogP) is 3.85. The number of hydrogen-bond acceptors (Lipinski definition) is 6. The number of nitrogens with zero attached hydrogens (tertiary/aromatic N) is 6. The van der Waals surface area contributed by atoms with E-state index in [1.165, 1.54) is 6.33 Å². The van der Waals surface area contributed by atoms with Crippen molar-refractivity contribution in [3.8, 4) is 0 Å². The van der Waals surface area contributed by atoms with Gasteiger partial charge in [0.15, 0.2) is 5.17 Å². The highest BCUT2D eigenvalue weighted by atomic mass is 35.5. The van der Waals surface area contributed by atoms with Gasteiger partial charge >= 0.3 is 0 Å². The Morgan fingerprint density at radius 2 is 2.07 bits per heavy atom. The molecule has 0 bridgehead atoms. The van der Waals surface area contributed by atoms with Gasteiger partial charge in [0.2, 0.25) is 5.91 Å². The number of aliphatic imine (C=N–C) groups is 1. The van der Waals surface area contributed by atoms with Gasteiger partial charge in [0.1, 0.15) is 6.33 Å². The summed E-state index contributed by atoms with van der Waals surface area (Å²) in [7, 11) is 0. The van der Waals surface area contributed by atoms with Crippen LogP contribution in [0.15, 0.2) is 35.6 Å². The molecule has 0 saturated carbocycles. The minimum absolute atomic E-state index is 0.00911. The van der Waals surface area contributed by atoms with Gasteiger partial charge in [0, 0.05) is 28.6 Å². The van der Waals surface area contributed by atoms with Crippen molar-refractivity contribution in [2.24, 2.45) is 4.99 Å². The third-order valence-corrected chi connectivity index (χ3v) is 6.33. The lowest BCUT2D eigenvalue weighted by molar-refractivity contribution is -0.117. The maximum absolute atomic E-state index is 13.3. The van der Waals surface area contributed by atoms with E-state index in [2.05, 4.69) is 27.0 Å². The lowest BCUT2D eigenvalue weighted by Crippen LogP contribution is -2.35. The number of amides is 1. The number of aromatic nitrogens is 4. The van der Waals surface area contributed by atoms with Gasteiger partial charge in [-0.25, -0.2) is 9.50 Å². The first-order valence-corrected chi connectivity index (χ1v) is 10.8. The van der Waals surface area contributed by atoms with E-state index in [9.17, 15) is 4.79 Å². The Balaban J connectivity index is 1.60.